The SMILES string of the molecule is Cn1c(N=P(c2ccccc2)(c2ccccc2)c2ccccc2)cc(=O)n(C)c1=O. The standard InChI is InChI=1S/C24H22N3O2P/c1-26-22(18-23(28)27(2)24(26)29)25-30(19-12-6-3-7-13-19,20-14-8-4-9-15-20)21-16-10-5-11-17-21/h3-18H,1-2H3. The topological polar surface area (TPSA) is 56.4 Å². The molecule has 0 aliphatic carbocycles. The fourth-order valence-corrected chi connectivity index (χ4v) is 7.07. The van der Waals surface area contributed by atoms with E-state index in [4.69, 9.17) is 4.74 Å². The van der Waals surface area contributed by atoms with Crippen LogP contribution in [0.3, 0.4) is 0 Å². The van der Waals surface area contributed by atoms with Crippen molar-refractivity contribution < 1.29 is 0 Å². The van der Waals surface area contributed by atoms with Crippen molar-refractivity contribution in [3.8, 4) is 0 Å². The highest BCUT2D eigenvalue weighted by Gasteiger charge is 2.28. The normalized spacial score (nSPS) is 11.3. The van der Waals surface area contributed by atoms with Crippen molar-refractivity contribution in [2.24, 2.45) is 18.8 Å². The number of hydrogen-bond donors (Lipinski definition) is 0. The summed E-state index contributed by atoms with van der Waals surface area (Å²) < 4.78 is 7.75. The third-order valence-corrected chi connectivity index (χ3v) is 8.78. The zero-order valence-corrected chi connectivity index (χ0v) is 17.7. The summed E-state index contributed by atoms with van der Waals surface area (Å²) >= 11 is 0. The number of rotatable bonds is 4. The lowest BCUT2D eigenvalue weighted by atomic mass is 10.4. The van der Waals surface area contributed by atoms with Crippen molar-refractivity contribution in [3.63, 3.8) is 0 Å². The maximum atomic E-state index is 12.6. The zero-order valence-electron chi connectivity index (χ0n) is 16.8. The smallest absolute Gasteiger partial charge is 0.281 e. The summed E-state index contributed by atoms with van der Waals surface area (Å²) in [6.45, 7) is 0. The molecule has 0 atom stereocenters. The van der Waals surface area contributed by atoms with Gasteiger partial charge in [-0.3, -0.25) is 13.9 Å². The summed E-state index contributed by atoms with van der Waals surface area (Å²) in [4.78, 5) is 25.0. The van der Waals surface area contributed by atoms with Crippen LogP contribution in [0.5, 0.6) is 0 Å². The van der Waals surface area contributed by atoms with Crippen LogP contribution >= 0.6 is 7.05 Å². The summed E-state index contributed by atoms with van der Waals surface area (Å²) in [6.07, 6.45) is 0. The number of aromatic nitrogens is 2. The van der Waals surface area contributed by atoms with Crippen LogP contribution in [0, 0.1) is 0 Å². The Hall–Kier alpha value is -3.43. The molecule has 4 rings (SSSR count). The van der Waals surface area contributed by atoms with Crippen LogP contribution in [0.2, 0.25) is 0 Å². The molecule has 0 radical (unpaired) electrons. The molecule has 30 heavy (non-hydrogen) atoms. The molecule has 1 aromatic heterocycles. The first-order valence-corrected chi connectivity index (χ1v) is 11.3. The van der Waals surface area contributed by atoms with Gasteiger partial charge in [-0.25, -0.2) is 9.54 Å². The minimum atomic E-state index is -2.54. The number of nitrogens with zero attached hydrogens (tertiary/aromatic N) is 3. The summed E-state index contributed by atoms with van der Waals surface area (Å²) in [6, 6.07) is 31.7. The molecule has 0 bridgehead atoms. The summed E-state index contributed by atoms with van der Waals surface area (Å²) in [7, 11) is 0.584. The van der Waals surface area contributed by atoms with Crippen LogP contribution in [-0.2, 0) is 14.1 Å². The number of hydrogen-bond acceptors (Lipinski definition) is 3. The first-order chi connectivity index (χ1) is 14.5. The van der Waals surface area contributed by atoms with Crippen molar-refractivity contribution in [2.75, 3.05) is 0 Å². The van der Waals surface area contributed by atoms with E-state index < -0.39 is 12.7 Å². The van der Waals surface area contributed by atoms with Gasteiger partial charge in [-0.05, 0) is 0 Å². The van der Waals surface area contributed by atoms with Gasteiger partial charge in [0, 0.05) is 36.1 Å². The highest BCUT2D eigenvalue weighted by atomic mass is 31.2. The molecule has 0 saturated heterocycles. The van der Waals surface area contributed by atoms with Gasteiger partial charge in [0.1, 0.15) is 5.82 Å². The summed E-state index contributed by atoms with van der Waals surface area (Å²) in [5.74, 6) is 0.369. The van der Waals surface area contributed by atoms with E-state index in [-0.39, 0.29) is 5.56 Å². The Balaban J connectivity index is 2.21. The molecule has 0 unspecified atom stereocenters. The van der Waals surface area contributed by atoms with Gasteiger partial charge < -0.3 is 0 Å². The maximum absolute atomic E-state index is 12.6. The Morgan fingerprint density at radius 1 is 0.633 bits per heavy atom. The zero-order chi connectivity index (χ0) is 21.1. The predicted octanol–water partition coefficient (Wildman–Crippen LogP) is 2.89. The quantitative estimate of drug-likeness (QED) is 0.482. The lowest BCUT2D eigenvalue weighted by Crippen LogP contribution is -2.36. The third kappa shape index (κ3) is 3.38. The molecular weight excluding hydrogens is 393 g/mol. The van der Waals surface area contributed by atoms with Crippen molar-refractivity contribution in [3.05, 3.63) is 118 Å². The second-order valence-corrected chi connectivity index (χ2v) is 10.0. The van der Waals surface area contributed by atoms with Gasteiger partial charge in [-0.1, -0.05) is 91.0 Å². The number of benzene rings is 3. The fourth-order valence-electron chi connectivity index (χ4n) is 3.52. The second-order valence-electron chi connectivity index (χ2n) is 6.98. The van der Waals surface area contributed by atoms with Crippen molar-refractivity contribution >= 4 is 28.8 Å². The molecule has 0 fully saturated rings. The van der Waals surface area contributed by atoms with Gasteiger partial charge in [-0.2, -0.15) is 0 Å². The van der Waals surface area contributed by atoms with Gasteiger partial charge in [0.05, 0.1) is 7.05 Å². The third-order valence-electron chi connectivity index (χ3n) is 5.14. The molecule has 4 aromatic rings. The van der Waals surface area contributed by atoms with E-state index in [1.807, 2.05) is 54.6 Å². The average Bonchev–Trinajstić information content (AvgIpc) is 2.81. The molecule has 0 spiro atoms. The molecule has 5 nitrogen and oxygen atoms in total. The molecule has 3 aromatic carbocycles. The van der Waals surface area contributed by atoms with E-state index in [1.165, 1.54) is 17.7 Å². The van der Waals surface area contributed by atoms with Crippen LogP contribution in [0.4, 0.5) is 5.82 Å². The minimum Gasteiger partial charge on any atom is -0.281 e. The summed E-state index contributed by atoms with van der Waals surface area (Å²) in [5, 5.41) is 3.15. The lowest BCUT2D eigenvalue weighted by Gasteiger charge is -2.27. The van der Waals surface area contributed by atoms with E-state index in [9.17, 15) is 9.59 Å². The molecule has 0 saturated carbocycles. The van der Waals surface area contributed by atoms with Crippen LogP contribution in [0.15, 0.2) is 111 Å². The first-order valence-electron chi connectivity index (χ1n) is 9.60. The Kier molecular flexibility index (Phi) is 5.39. The monoisotopic (exact) mass is 415 g/mol. The molecule has 150 valence electrons. The molecular formula is C24H22N3O2P. The Morgan fingerprint density at radius 3 is 1.43 bits per heavy atom. The molecule has 0 amide bonds. The van der Waals surface area contributed by atoms with Gasteiger partial charge in [0.25, 0.3) is 5.56 Å². The molecule has 0 aliphatic rings. The molecule has 6 heteroatoms. The summed E-state index contributed by atoms with van der Waals surface area (Å²) in [5.41, 5.74) is -0.766. The van der Waals surface area contributed by atoms with E-state index in [1.54, 1.807) is 7.05 Å². The Morgan fingerprint density at radius 2 is 1.03 bits per heavy atom. The van der Waals surface area contributed by atoms with Gasteiger partial charge >= 0.3 is 5.69 Å². The van der Waals surface area contributed by atoms with E-state index >= 15 is 0 Å². The van der Waals surface area contributed by atoms with Crippen molar-refractivity contribution in [1.29, 1.82) is 0 Å². The van der Waals surface area contributed by atoms with E-state index in [0.717, 1.165) is 20.5 Å². The average molecular weight is 415 g/mol. The van der Waals surface area contributed by atoms with E-state index in [2.05, 4.69) is 36.4 Å². The highest BCUT2D eigenvalue weighted by Crippen LogP contribution is 2.48. The predicted molar refractivity (Wildman–Crippen MR) is 124 cm³/mol. The van der Waals surface area contributed by atoms with Crippen LogP contribution in [0.1, 0.15) is 0 Å². The van der Waals surface area contributed by atoms with Gasteiger partial charge in [0.15, 0.2) is 0 Å². The fraction of sp³-hybridized carbons (Fsp3) is 0.0833. The van der Waals surface area contributed by atoms with Crippen LogP contribution in [0.25, 0.3) is 0 Å². The lowest BCUT2D eigenvalue weighted by molar-refractivity contribution is 0.689. The molecule has 1 heterocycles. The largest absolute Gasteiger partial charge is 0.332 e. The maximum Gasteiger partial charge on any atom is 0.332 e. The first kappa shape index (κ1) is 19.9. The Labute approximate surface area is 175 Å². The molecule has 0 aliphatic heterocycles. The molecule has 0 N–H and O–H groups in total. The Bertz CT molecular complexity index is 1240. The highest BCUT2D eigenvalue weighted by molar-refractivity contribution is 7.87. The van der Waals surface area contributed by atoms with Gasteiger partial charge in [-0.15, -0.1) is 0 Å². The van der Waals surface area contributed by atoms with Crippen LogP contribution < -0.4 is 27.2 Å². The second kappa shape index (κ2) is 8.13. The van der Waals surface area contributed by atoms with E-state index in [0.29, 0.717) is 5.82 Å². The van der Waals surface area contributed by atoms with Gasteiger partial charge in [0.2, 0.25) is 0 Å². The van der Waals surface area contributed by atoms with Crippen molar-refractivity contribution in [1.82, 2.24) is 9.13 Å². The van der Waals surface area contributed by atoms with Crippen LogP contribution in [-0.4, -0.2) is 9.13 Å². The minimum absolute atomic E-state index is 0.369. The van der Waals surface area contributed by atoms with Crippen molar-refractivity contribution in [2.45, 2.75) is 0 Å².